The highest BCUT2D eigenvalue weighted by Crippen LogP contribution is 2.18. The second-order valence-corrected chi connectivity index (χ2v) is 4.48. The van der Waals surface area contributed by atoms with Gasteiger partial charge < -0.3 is 10.1 Å². The van der Waals surface area contributed by atoms with Crippen LogP contribution >= 0.6 is 11.6 Å². The summed E-state index contributed by atoms with van der Waals surface area (Å²) >= 11 is 5.56. The van der Waals surface area contributed by atoms with Crippen LogP contribution in [0.1, 0.15) is 23.2 Å². The molecule has 0 saturated heterocycles. The molecule has 1 N–H and O–H groups in total. The molecule has 6 heteroatoms. The van der Waals surface area contributed by atoms with Crippen molar-refractivity contribution < 1.29 is 18.7 Å². The number of hydrogen-bond acceptors (Lipinski definition) is 3. The fourth-order valence-corrected chi connectivity index (χ4v) is 1.52. The van der Waals surface area contributed by atoms with E-state index in [0.717, 1.165) is 18.9 Å². The van der Waals surface area contributed by atoms with Crippen LogP contribution in [-0.4, -0.2) is 24.5 Å². The van der Waals surface area contributed by atoms with Crippen molar-refractivity contribution >= 4 is 23.5 Å². The number of halogens is 2. The van der Waals surface area contributed by atoms with Crippen LogP contribution in [0.5, 0.6) is 0 Å². The lowest BCUT2D eigenvalue weighted by Crippen LogP contribution is -2.30. The van der Waals surface area contributed by atoms with Crippen LogP contribution in [0.25, 0.3) is 0 Å². The first-order chi connectivity index (χ1) is 8.56. The van der Waals surface area contributed by atoms with Crippen LogP contribution in [-0.2, 0) is 9.53 Å². The first kappa shape index (κ1) is 12.8. The fourth-order valence-electron chi connectivity index (χ4n) is 1.36. The van der Waals surface area contributed by atoms with Gasteiger partial charge in [-0.05, 0) is 31.0 Å². The van der Waals surface area contributed by atoms with Gasteiger partial charge in [0.15, 0.2) is 6.61 Å². The highest BCUT2D eigenvalue weighted by atomic mass is 35.5. The number of nitrogens with one attached hydrogen (secondary N) is 1. The molecule has 0 atom stereocenters. The summed E-state index contributed by atoms with van der Waals surface area (Å²) in [6, 6.07) is 3.82. The summed E-state index contributed by atoms with van der Waals surface area (Å²) in [5.41, 5.74) is -0.237. The molecule has 0 unspecified atom stereocenters. The maximum atomic E-state index is 13.4. The van der Waals surface area contributed by atoms with Gasteiger partial charge in [-0.15, -0.1) is 0 Å². The molecule has 1 aromatic rings. The largest absolute Gasteiger partial charge is 0.452 e. The monoisotopic (exact) mass is 271 g/mol. The van der Waals surface area contributed by atoms with Crippen LogP contribution in [0, 0.1) is 5.82 Å². The number of rotatable bonds is 4. The third-order valence-electron chi connectivity index (χ3n) is 2.43. The molecule has 4 nitrogen and oxygen atoms in total. The Kier molecular flexibility index (Phi) is 3.81. The molecule has 0 aliphatic heterocycles. The van der Waals surface area contributed by atoms with Crippen molar-refractivity contribution in [2.45, 2.75) is 18.9 Å². The maximum absolute atomic E-state index is 13.4. The zero-order chi connectivity index (χ0) is 13.1. The van der Waals surface area contributed by atoms with Gasteiger partial charge in [-0.1, -0.05) is 11.6 Å². The average Bonchev–Trinajstić information content (AvgIpc) is 3.10. The number of benzene rings is 1. The molecule has 0 bridgehead atoms. The van der Waals surface area contributed by atoms with E-state index >= 15 is 0 Å². The highest BCUT2D eigenvalue weighted by molar-refractivity contribution is 6.30. The molecule has 2 rings (SSSR count). The highest BCUT2D eigenvalue weighted by Gasteiger charge is 2.24. The van der Waals surface area contributed by atoms with E-state index < -0.39 is 18.4 Å². The van der Waals surface area contributed by atoms with Gasteiger partial charge in [0.1, 0.15) is 5.82 Å². The maximum Gasteiger partial charge on any atom is 0.341 e. The van der Waals surface area contributed by atoms with Gasteiger partial charge in [-0.25, -0.2) is 9.18 Å². The Morgan fingerprint density at radius 1 is 1.44 bits per heavy atom. The van der Waals surface area contributed by atoms with Crippen molar-refractivity contribution in [3.05, 3.63) is 34.6 Å². The Labute approximate surface area is 108 Å². The second-order valence-electron chi connectivity index (χ2n) is 4.04. The van der Waals surface area contributed by atoms with Crippen LogP contribution in [0.15, 0.2) is 18.2 Å². The van der Waals surface area contributed by atoms with E-state index in [-0.39, 0.29) is 22.5 Å². The van der Waals surface area contributed by atoms with Gasteiger partial charge >= 0.3 is 5.97 Å². The Morgan fingerprint density at radius 2 is 2.17 bits per heavy atom. The van der Waals surface area contributed by atoms with Crippen molar-refractivity contribution in [2.75, 3.05) is 6.61 Å². The van der Waals surface area contributed by atoms with E-state index in [1.165, 1.54) is 12.1 Å². The molecule has 1 saturated carbocycles. The van der Waals surface area contributed by atoms with E-state index in [9.17, 15) is 14.0 Å². The van der Waals surface area contributed by atoms with Crippen LogP contribution in [0.2, 0.25) is 5.02 Å². The van der Waals surface area contributed by atoms with Gasteiger partial charge in [-0.3, -0.25) is 4.79 Å². The molecule has 1 aromatic carbocycles. The number of carbonyl (C=O) groups is 2. The second kappa shape index (κ2) is 5.35. The molecule has 1 fully saturated rings. The quantitative estimate of drug-likeness (QED) is 0.851. The van der Waals surface area contributed by atoms with Crippen LogP contribution in [0.4, 0.5) is 4.39 Å². The summed E-state index contributed by atoms with van der Waals surface area (Å²) in [4.78, 5) is 22.8. The van der Waals surface area contributed by atoms with Gasteiger partial charge in [0.2, 0.25) is 0 Å². The molecule has 0 aromatic heterocycles. The summed E-state index contributed by atoms with van der Waals surface area (Å²) in [5.74, 6) is -2.02. The zero-order valence-corrected chi connectivity index (χ0v) is 10.2. The van der Waals surface area contributed by atoms with Crippen molar-refractivity contribution in [3.63, 3.8) is 0 Å². The number of esters is 1. The van der Waals surface area contributed by atoms with Gasteiger partial charge in [0.05, 0.1) is 5.56 Å². The summed E-state index contributed by atoms with van der Waals surface area (Å²) in [7, 11) is 0. The Hall–Kier alpha value is -1.62. The topological polar surface area (TPSA) is 55.4 Å². The Morgan fingerprint density at radius 3 is 2.78 bits per heavy atom. The van der Waals surface area contributed by atoms with Crippen molar-refractivity contribution in [2.24, 2.45) is 0 Å². The van der Waals surface area contributed by atoms with Gasteiger partial charge in [-0.2, -0.15) is 0 Å². The minimum absolute atomic E-state index is 0.190. The molecule has 0 spiro atoms. The predicted octanol–water partition coefficient (Wildman–Crippen LogP) is 1.91. The first-order valence-electron chi connectivity index (χ1n) is 5.48. The van der Waals surface area contributed by atoms with Crippen molar-refractivity contribution in [1.82, 2.24) is 5.32 Å². The summed E-state index contributed by atoms with van der Waals surface area (Å²) in [6.07, 6.45) is 1.90. The minimum atomic E-state index is -0.880. The molecule has 0 radical (unpaired) electrons. The van der Waals surface area contributed by atoms with E-state index in [4.69, 9.17) is 16.3 Å². The molecule has 0 heterocycles. The molecule has 96 valence electrons. The standard InChI is InChI=1S/C12H11ClFNO3/c13-7-1-4-9(10(14)5-7)12(17)18-6-11(16)15-8-2-3-8/h1,4-5,8H,2-3,6H2,(H,15,16). The average molecular weight is 272 g/mol. The third-order valence-corrected chi connectivity index (χ3v) is 2.66. The molecule has 1 aliphatic carbocycles. The summed E-state index contributed by atoms with van der Waals surface area (Å²) in [5, 5.41) is 2.84. The predicted molar refractivity (Wildman–Crippen MR) is 62.9 cm³/mol. The van der Waals surface area contributed by atoms with Gasteiger partial charge in [0.25, 0.3) is 5.91 Å². The van der Waals surface area contributed by atoms with Crippen molar-refractivity contribution in [3.8, 4) is 0 Å². The lowest BCUT2D eigenvalue weighted by atomic mass is 10.2. The normalized spacial score (nSPS) is 14.1. The Bertz CT molecular complexity index is 488. The molecular formula is C12H11ClFNO3. The number of carbonyl (C=O) groups excluding carboxylic acids is 2. The SMILES string of the molecule is O=C(COC(=O)c1ccc(Cl)cc1F)NC1CC1. The minimum Gasteiger partial charge on any atom is -0.452 e. The van der Waals surface area contributed by atoms with Crippen LogP contribution in [0.3, 0.4) is 0 Å². The Balaban J connectivity index is 1.88. The van der Waals surface area contributed by atoms with Crippen molar-refractivity contribution in [1.29, 1.82) is 0 Å². The molecule has 1 amide bonds. The lowest BCUT2D eigenvalue weighted by molar-refractivity contribution is -0.124. The molecular weight excluding hydrogens is 261 g/mol. The van der Waals surface area contributed by atoms with E-state index in [1.807, 2.05) is 0 Å². The van der Waals surface area contributed by atoms with E-state index in [0.29, 0.717) is 0 Å². The fraction of sp³-hybridized carbons (Fsp3) is 0.333. The number of ether oxygens (including phenoxy) is 1. The lowest BCUT2D eigenvalue weighted by Gasteiger charge is -2.06. The molecule has 1 aliphatic rings. The number of amides is 1. The molecule has 18 heavy (non-hydrogen) atoms. The zero-order valence-electron chi connectivity index (χ0n) is 9.41. The van der Waals surface area contributed by atoms with Crippen LogP contribution < -0.4 is 5.32 Å². The third kappa shape index (κ3) is 3.43. The smallest absolute Gasteiger partial charge is 0.341 e. The first-order valence-corrected chi connectivity index (χ1v) is 5.85. The van der Waals surface area contributed by atoms with Gasteiger partial charge in [0, 0.05) is 11.1 Å². The number of hydrogen-bond donors (Lipinski definition) is 1. The summed E-state index contributed by atoms with van der Waals surface area (Å²) < 4.78 is 18.1. The van der Waals surface area contributed by atoms with E-state index in [1.54, 1.807) is 0 Å². The van der Waals surface area contributed by atoms with E-state index in [2.05, 4.69) is 5.32 Å². The summed E-state index contributed by atoms with van der Waals surface area (Å²) in [6.45, 7) is -0.405.